The lowest BCUT2D eigenvalue weighted by molar-refractivity contribution is 0.687. The second-order valence-electron chi connectivity index (χ2n) is 5.39. The monoisotopic (exact) mass is 283 g/mol. The second-order valence-corrected chi connectivity index (χ2v) is 6.55. The summed E-state index contributed by atoms with van der Waals surface area (Å²) in [6.45, 7) is 1.01. The predicted octanol–water partition coefficient (Wildman–Crippen LogP) is 4.27. The summed E-state index contributed by atoms with van der Waals surface area (Å²) in [6.07, 6.45) is 3.84. The molecule has 0 aromatic heterocycles. The van der Waals surface area contributed by atoms with Crippen LogP contribution in [0.2, 0.25) is 0 Å². The molecule has 20 heavy (non-hydrogen) atoms. The van der Waals surface area contributed by atoms with Crippen LogP contribution in [0.5, 0.6) is 0 Å². The fourth-order valence-electron chi connectivity index (χ4n) is 2.23. The summed E-state index contributed by atoms with van der Waals surface area (Å²) in [5, 5.41) is 3.57. The van der Waals surface area contributed by atoms with Crippen LogP contribution in [0.15, 0.2) is 59.5 Å². The van der Waals surface area contributed by atoms with Gasteiger partial charge in [-0.2, -0.15) is 0 Å². The van der Waals surface area contributed by atoms with Crippen LogP contribution in [0.1, 0.15) is 24.0 Å². The molecule has 2 aromatic carbocycles. The summed E-state index contributed by atoms with van der Waals surface area (Å²) < 4.78 is 0. The van der Waals surface area contributed by atoms with Gasteiger partial charge in [-0.05, 0) is 42.5 Å². The van der Waals surface area contributed by atoms with Crippen molar-refractivity contribution in [3.05, 3.63) is 65.7 Å². The van der Waals surface area contributed by atoms with Crippen LogP contribution in [0, 0.1) is 0 Å². The van der Waals surface area contributed by atoms with E-state index in [1.165, 1.54) is 28.9 Å². The minimum atomic E-state index is 0.782. The van der Waals surface area contributed by atoms with Crippen molar-refractivity contribution in [2.75, 3.05) is 5.75 Å². The van der Waals surface area contributed by atoms with Gasteiger partial charge in [0.1, 0.15) is 0 Å². The fourth-order valence-corrected chi connectivity index (χ4v) is 3.21. The molecule has 0 bridgehead atoms. The summed E-state index contributed by atoms with van der Waals surface area (Å²) in [7, 11) is 0. The van der Waals surface area contributed by atoms with Crippen molar-refractivity contribution >= 4 is 11.8 Å². The third-order valence-electron chi connectivity index (χ3n) is 3.57. The van der Waals surface area contributed by atoms with Crippen LogP contribution in [0.25, 0.3) is 0 Å². The number of rotatable bonds is 7. The molecule has 1 N–H and O–H groups in total. The number of benzene rings is 2. The van der Waals surface area contributed by atoms with Gasteiger partial charge in [0.25, 0.3) is 0 Å². The molecule has 1 aliphatic rings. The lowest BCUT2D eigenvalue weighted by Gasteiger charge is -2.06. The Morgan fingerprint density at radius 1 is 0.950 bits per heavy atom. The third kappa shape index (κ3) is 4.39. The first kappa shape index (κ1) is 13.7. The molecule has 1 nitrogen and oxygen atoms in total. The van der Waals surface area contributed by atoms with Crippen LogP contribution in [0.4, 0.5) is 0 Å². The highest BCUT2D eigenvalue weighted by molar-refractivity contribution is 7.99. The van der Waals surface area contributed by atoms with E-state index >= 15 is 0 Å². The lowest BCUT2D eigenvalue weighted by atomic mass is 10.2. The van der Waals surface area contributed by atoms with Gasteiger partial charge in [0.05, 0.1) is 0 Å². The molecule has 1 aliphatic carbocycles. The lowest BCUT2D eigenvalue weighted by Crippen LogP contribution is -2.15. The van der Waals surface area contributed by atoms with Gasteiger partial charge in [-0.3, -0.25) is 0 Å². The Bertz CT molecular complexity index is 534. The van der Waals surface area contributed by atoms with Gasteiger partial charge in [-0.1, -0.05) is 42.5 Å². The maximum Gasteiger partial charge on any atom is 0.0208 e. The molecule has 0 saturated heterocycles. The van der Waals surface area contributed by atoms with Gasteiger partial charge in [0.2, 0.25) is 0 Å². The average Bonchev–Trinajstić information content (AvgIpc) is 3.31. The van der Waals surface area contributed by atoms with E-state index in [1.807, 2.05) is 11.8 Å². The van der Waals surface area contributed by atoms with Crippen molar-refractivity contribution in [1.82, 2.24) is 5.32 Å². The van der Waals surface area contributed by atoms with Crippen molar-refractivity contribution in [2.45, 2.75) is 36.7 Å². The van der Waals surface area contributed by atoms with Gasteiger partial charge < -0.3 is 5.32 Å². The summed E-state index contributed by atoms with van der Waals surface area (Å²) in [5.41, 5.74) is 2.83. The number of aryl methyl sites for hydroxylation is 1. The summed E-state index contributed by atoms with van der Waals surface area (Å²) >= 11 is 1.95. The van der Waals surface area contributed by atoms with Gasteiger partial charge >= 0.3 is 0 Å². The molecule has 0 amide bonds. The van der Waals surface area contributed by atoms with Gasteiger partial charge in [-0.15, -0.1) is 11.8 Å². The van der Waals surface area contributed by atoms with E-state index in [-0.39, 0.29) is 0 Å². The van der Waals surface area contributed by atoms with Crippen molar-refractivity contribution < 1.29 is 0 Å². The third-order valence-corrected chi connectivity index (χ3v) is 4.57. The van der Waals surface area contributed by atoms with E-state index in [0.29, 0.717) is 0 Å². The molecule has 0 spiro atoms. The van der Waals surface area contributed by atoms with E-state index in [2.05, 4.69) is 59.9 Å². The van der Waals surface area contributed by atoms with Crippen molar-refractivity contribution in [1.29, 1.82) is 0 Å². The first-order valence-corrected chi connectivity index (χ1v) is 8.38. The molecular weight excluding hydrogens is 262 g/mol. The Kier molecular flexibility index (Phi) is 4.77. The van der Waals surface area contributed by atoms with E-state index < -0.39 is 0 Å². The molecular formula is C18H21NS. The predicted molar refractivity (Wildman–Crippen MR) is 87.2 cm³/mol. The maximum atomic E-state index is 3.57. The number of hydrogen-bond acceptors (Lipinski definition) is 2. The number of hydrogen-bond donors (Lipinski definition) is 1. The highest BCUT2D eigenvalue weighted by Gasteiger charge is 2.19. The van der Waals surface area contributed by atoms with Crippen molar-refractivity contribution in [2.24, 2.45) is 0 Å². The Hall–Kier alpha value is -1.25. The molecule has 2 aromatic rings. The molecule has 0 radical (unpaired) electrons. The molecule has 0 heterocycles. The maximum absolute atomic E-state index is 3.57. The highest BCUT2D eigenvalue weighted by atomic mass is 32.2. The Morgan fingerprint density at radius 2 is 1.75 bits per heavy atom. The molecule has 0 atom stereocenters. The molecule has 2 heteroatoms. The fraction of sp³-hybridized carbons (Fsp3) is 0.333. The topological polar surface area (TPSA) is 12.0 Å². The van der Waals surface area contributed by atoms with E-state index in [1.54, 1.807) is 0 Å². The molecule has 1 saturated carbocycles. The molecule has 104 valence electrons. The van der Waals surface area contributed by atoms with Crippen LogP contribution < -0.4 is 5.32 Å². The minimum absolute atomic E-state index is 0.782. The molecule has 1 fully saturated rings. The van der Waals surface area contributed by atoms with Crippen molar-refractivity contribution in [3.63, 3.8) is 0 Å². The van der Waals surface area contributed by atoms with E-state index in [9.17, 15) is 0 Å². The van der Waals surface area contributed by atoms with Gasteiger partial charge in [0.15, 0.2) is 0 Å². The quantitative estimate of drug-likeness (QED) is 0.761. The van der Waals surface area contributed by atoms with E-state index in [4.69, 9.17) is 0 Å². The summed E-state index contributed by atoms with van der Waals surface area (Å²) in [4.78, 5) is 1.39. The van der Waals surface area contributed by atoms with Crippen LogP contribution in [-0.2, 0) is 13.0 Å². The molecule has 0 aliphatic heterocycles. The summed E-state index contributed by atoms with van der Waals surface area (Å²) in [6, 6.07) is 20.4. The first-order chi connectivity index (χ1) is 9.90. The van der Waals surface area contributed by atoms with Crippen LogP contribution in [-0.4, -0.2) is 11.8 Å². The SMILES string of the molecule is c1ccc(CCSc2cccc(CNC3CC3)c2)cc1. The Balaban J connectivity index is 1.47. The smallest absolute Gasteiger partial charge is 0.0208 e. The Morgan fingerprint density at radius 3 is 2.55 bits per heavy atom. The Labute approximate surface area is 125 Å². The normalized spacial score (nSPS) is 14.4. The van der Waals surface area contributed by atoms with Gasteiger partial charge in [0, 0.05) is 23.2 Å². The highest BCUT2D eigenvalue weighted by Crippen LogP contribution is 2.22. The zero-order valence-corrected chi connectivity index (χ0v) is 12.5. The first-order valence-electron chi connectivity index (χ1n) is 7.39. The molecule has 0 unspecified atom stereocenters. The molecule has 3 rings (SSSR count). The van der Waals surface area contributed by atoms with E-state index in [0.717, 1.165) is 24.8 Å². The zero-order chi connectivity index (χ0) is 13.6. The zero-order valence-electron chi connectivity index (χ0n) is 11.7. The second kappa shape index (κ2) is 6.96. The van der Waals surface area contributed by atoms with Gasteiger partial charge in [-0.25, -0.2) is 0 Å². The average molecular weight is 283 g/mol. The summed E-state index contributed by atoms with van der Waals surface area (Å²) in [5.74, 6) is 1.14. The van der Waals surface area contributed by atoms with Crippen molar-refractivity contribution in [3.8, 4) is 0 Å². The minimum Gasteiger partial charge on any atom is -0.310 e. The van der Waals surface area contributed by atoms with Crippen LogP contribution >= 0.6 is 11.8 Å². The number of nitrogens with one attached hydrogen (secondary N) is 1. The number of thioether (sulfide) groups is 1. The largest absolute Gasteiger partial charge is 0.310 e. The van der Waals surface area contributed by atoms with Crippen LogP contribution in [0.3, 0.4) is 0 Å². The standard InChI is InChI=1S/C18H21NS/c1-2-5-15(6-3-1)11-12-20-18-8-4-7-16(13-18)14-19-17-9-10-17/h1-8,13,17,19H,9-12,14H2.